The fourth-order valence-corrected chi connectivity index (χ4v) is 10.8. The molecule has 8 rings (SSSR count). The van der Waals surface area contributed by atoms with Crippen LogP contribution in [0.2, 0.25) is 0 Å². The first-order valence-corrected chi connectivity index (χ1v) is 26.4. The van der Waals surface area contributed by atoms with E-state index in [1.165, 1.54) is 4.90 Å². The number of carbonyl (C=O) groups is 4. The van der Waals surface area contributed by atoms with Crippen LogP contribution in [0.5, 0.6) is 5.75 Å². The van der Waals surface area contributed by atoms with Gasteiger partial charge in [-0.25, -0.2) is 9.97 Å². The molecule has 0 radical (unpaired) electrons. The average Bonchev–Trinajstić information content (AvgIpc) is 4.00. The summed E-state index contributed by atoms with van der Waals surface area (Å²) in [5, 5.41) is 20.1. The van der Waals surface area contributed by atoms with Crippen molar-refractivity contribution in [3.05, 3.63) is 95.3 Å². The number of aryl methyl sites for hydroxylation is 1. The lowest BCUT2D eigenvalue weighted by molar-refractivity contribution is -0.144. The number of hydrogen-bond donors (Lipinski definition) is 4. The van der Waals surface area contributed by atoms with E-state index in [2.05, 4.69) is 41.8 Å². The van der Waals surface area contributed by atoms with Gasteiger partial charge in [-0.1, -0.05) is 76.4 Å². The summed E-state index contributed by atoms with van der Waals surface area (Å²) in [6.07, 6.45) is 6.07. The zero-order valence-electron chi connectivity index (χ0n) is 43.5. The number of methoxy groups -OCH3 is 1. The normalized spacial score (nSPS) is 17.9. The van der Waals surface area contributed by atoms with Crippen molar-refractivity contribution in [3.63, 3.8) is 0 Å². The van der Waals surface area contributed by atoms with Crippen LogP contribution < -0.4 is 35.4 Å². The molecule has 388 valence electrons. The fourth-order valence-electron chi connectivity index (χ4n) is 9.99. The van der Waals surface area contributed by atoms with Crippen LogP contribution in [-0.2, 0) is 14.4 Å². The first-order valence-electron chi connectivity index (χ1n) is 25.5. The minimum atomic E-state index is -0.856. The first kappa shape index (κ1) is 52.7. The number of amides is 4. The molecule has 2 saturated heterocycles. The third-order valence-electron chi connectivity index (χ3n) is 14.3. The molecule has 3 aromatic carbocycles. The summed E-state index contributed by atoms with van der Waals surface area (Å²) in [5.41, 5.74) is 7.97. The Bertz CT molecular complexity index is 2750. The number of β-amino-alcohol motifs (C(OH)–C–C–N with tert-alkyl or cyclic N) is 1. The van der Waals surface area contributed by atoms with Gasteiger partial charge in [0.15, 0.2) is 5.82 Å². The van der Waals surface area contributed by atoms with Gasteiger partial charge in [0.2, 0.25) is 23.7 Å². The van der Waals surface area contributed by atoms with Crippen LogP contribution in [0.25, 0.3) is 10.4 Å². The Hall–Kier alpha value is -6.63. The predicted octanol–water partition coefficient (Wildman–Crippen LogP) is 7.85. The third kappa shape index (κ3) is 12.3. The third-order valence-corrected chi connectivity index (χ3v) is 15.3. The average molecular weight is 1010 g/mol. The lowest BCUT2D eigenvalue weighted by atomic mass is 9.85. The van der Waals surface area contributed by atoms with E-state index in [1.807, 2.05) is 113 Å². The number of rotatable bonds is 18. The summed E-state index contributed by atoms with van der Waals surface area (Å²) in [4.78, 5) is 79.1. The second-order valence-electron chi connectivity index (χ2n) is 20.6. The summed E-state index contributed by atoms with van der Waals surface area (Å²) < 4.78 is 5.84. The molecule has 5 heterocycles. The van der Waals surface area contributed by atoms with Crippen LogP contribution >= 0.6 is 11.3 Å². The zero-order chi connectivity index (χ0) is 52.0. The monoisotopic (exact) mass is 1010 g/mol. The molecule has 3 aliphatic heterocycles. The summed E-state index contributed by atoms with van der Waals surface area (Å²) in [6.45, 7) is 14.4. The van der Waals surface area contributed by atoms with Gasteiger partial charge in [-0.2, -0.15) is 4.98 Å². The van der Waals surface area contributed by atoms with Gasteiger partial charge < -0.3 is 45.4 Å². The van der Waals surface area contributed by atoms with Crippen LogP contribution in [0.1, 0.15) is 100 Å². The van der Waals surface area contributed by atoms with Gasteiger partial charge in [0.05, 0.1) is 58.5 Å². The van der Waals surface area contributed by atoms with Gasteiger partial charge in [0.25, 0.3) is 5.91 Å². The number of nitrogens with zero attached hydrogens (tertiary/aromatic N) is 8. The quantitative estimate of drug-likeness (QED) is 0.0622. The summed E-state index contributed by atoms with van der Waals surface area (Å²) >= 11 is 1.59. The van der Waals surface area contributed by atoms with Crippen LogP contribution in [0.3, 0.4) is 0 Å². The highest BCUT2D eigenvalue weighted by molar-refractivity contribution is 7.13. The summed E-state index contributed by atoms with van der Waals surface area (Å²) in [5.74, 6) is 0.682. The van der Waals surface area contributed by atoms with Crippen LogP contribution in [-0.4, -0.2) is 132 Å². The number of hydrogen-bond acceptors (Lipinski definition) is 14. The zero-order valence-corrected chi connectivity index (χ0v) is 44.3. The molecule has 0 bridgehead atoms. The van der Waals surface area contributed by atoms with Crippen LogP contribution in [0, 0.1) is 12.3 Å². The molecule has 5 aromatic rings. The number of aliphatic hydroxyl groups is 1. The van der Waals surface area contributed by atoms with Gasteiger partial charge in [-0.15, -0.1) is 11.3 Å². The highest BCUT2D eigenvalue weighted by atomic mass is 32.1. The number of anilines is 6. The molecule has 0 aliphatic carbocycles. The van der Waals surface area contributed by atoms with Crippen molar-refractivity contribution in [2.75, 3.05) is 80.5 Å². The van der Waals surface area contributed by atoms with Crippen molar-refractivity contribution >= 4 is 69.5 Å². The number of aliphatic hydroxyl groups excluding tert-OH is 1. The number of nitrogens with one attached hydrogen (secondary N) is 3. The van der Waals surface area contributed by atoms with E-state index in [0.717, 1.165) is 104 Å². The molecule has 4 N–H and O–H groups in total. The second kappa shape index (κ2) is 23.1. The van der Waals surface area contributed by atoms with Gasteiger partial charge in [-0.3, -0.25) is 24.1 Å². The maximum absolute atomic E-state index is 14.2. The molecular formula is C55H71N11O6S. The summed E-state index contributed by atoms with van der Waals surface area (Å²) in [6, 6.07) is 19.6. The highest BCUT2D eigenvalue weighted by Gasteiger charge is 2.45. The van der Waals surface area contributed by atoms with E-state index in [1.54, 1.807) is 36.6 Å². The Morgan fingerprint density at radius 2 is 1.62 bits per heavy atom. The Morgan fingerprint density at radius 3 is 2.33 bits per heavy atom. The topological polar surface area (TPSA) is 189 Å². The number of thiazole rings is 1. The lowest BCUT2D eigenvalue weighted by Crippen LogP contribution is -2.57. The molecule has 0 unspecified atom stereocenters. The molecular weight excluding hydrogens is 943 g/mol. The highest BCUT2D eigenvalue weighted by Crippen LogP contribution is 2.39. The van der Waals surface area contributed by atoms with Crippen molar-refractivity contribution < 1.29 is 29.0 Å². The van der Waals surface area contributed by atoms with Gasteiger partial charge >= 0.3 is 0 Å². The van der Waals surface area contributed by atoms with Crippen molar-refractivity contribution in [1.29, 1.82) is 0 Å². The van der Waals surface area contributed by atoms with E-state index >= 15 is 0 Å². The van der Waals surface area contributed by atoms with Gasteiger partial charge in [0.1, 0.15) is 23.5 Å². The van der Waals surface area contributed by atoms with E-state index in [9.17, 15) is 24.3 Å². The van der Waals surface area contributed by atoms with E-state index in [0.29, 0.717) is 35.2 Å². The van der Waals surface area contributed by atoms with Gasteiger partial charge in [-0.05, 0) is 74.0 Å². The number of aromatic nitrogens is 3. The maximum Gasteiger partial charge on any atom is 0.260 e. The molecule has 18 heteroatoms. The second-order valence-corrected chi connectivity index (χ2v) is 21.4. The van der Waals surface area contributed by atoms with Gasteiger partial charge in [0, 0.05) is 71.4 Å². The Morgan fingerprint density at radius 1 is 0.890 bits per heavy atom. The predicted molar refractivity (Wildman–Crippen MR) is 288 cm³/mol. The van der Waals surface area contributed by atoms with Crippen molar-refractivity contribution in [2.45, 2.75) is 104 Å². The molecule has 0 saturated carbocycles. The minimum absolute atomic E-state index is 0.0297. The van der Waals surface area contributed by atoms with E-state index < -0.39 is 23.6 Å². The number of piperazine rings is 1. The number of unbranched alkanes of at least 4 members (excludes halogenated alkanes) is 4. The first-order chi connectivity index (χ1) is 35.0. The fraction of sp³-hybridized carbons (Fsp3) is 0.473. The Kier molecular flexibility index (Phi) is 16.6. The van der Waals surface area contributed by atoms with Crippen molar-refractivity contribution in [2.24, 2.45) is 5.41 Å². The van der Waals surface area contributed by atoms with Crippen LogP contribution in [0.15, 0.2) is 78.4 Å². The molecule has 2 fully saturated rings. The maximum atomic E-state index is 14.2. The Labute approximate surface area is 433 Å². The molecule has 3 aliphatic rings. The van der Waals surface area contributed by atoms with Crippen LogP contribution in [0.4, 0.5) is 34.5 Å². The standard InChI is InChI=1S/C55H71N11O6S/c1-35(37-19-21-38(22-20-37)48-36(2)57-34-73-48)58-51(69)44-31-40(67)33-66(44)53(71)49(55(3,4)5)60-47(68)18-12-10-9-11-15-25-64-26-28-65(29-27-64)39-23-24-42(46(30-39)72-8)59-54-56-32-45-50(61-54)62(6)43-17-14-13-16-41(43)52(70)63(45)7/h13-14,16-17,19-24,30,32,34-35,40,44,49,67H,9-12,15,18,25-29,31,33H2,1-8H3,(H,58,69)(H,60,68)(H,56,59,61)/t35-,40+,44-,49+/m0/s1. The van der Waals surface area contributed by atoms with E-state index in [-0.39, 0.29) is 42.6 Å². The minimum Gasteiger partial charge on any atom is -0.494 e. The number of para-hydroxylation sites is 1. The van der Waals surface area contributed by atoms with Crippen molar-refractivity contribution in [1.82, 2.24) is 35.4 Å². The smallest absolute Gasteiger partial charge is 0.260 e. The van der Waals surface area contributed by atoms with E-state index in [4.69, 9.17) is 9.72 Å². The SMILES string of the molecule is COc1cc(N2CCN(CCCCCCCC(=O)N[C@H](C(=O)N3C[C@H](O)C[C@H]3C(=O)N[C@@H](C)c3ccc(-c4scnc4C)cc3)C(C)(C)C)CC2)ccc1Nc1ncc2c(n1)N(C)c1ccccc1C(=O)N2C. The Balaban J connectivity index is 0.744. The largest absolute Gasteiger partial charge is 0.494 e. The number of ether oxygens (including phenoxy) is 1. The molecule has 0 spiro atoms. The van der Waals surface area contributed by atoms with Crippen molar-refractivity contribution in [3.8, 4) is 16.2 Å². The number of carbonyl (C=O) groups excluding carboxylic acids is 4. The molecule has 4 amide bonds. The molecule has 4 atom stereocenters. The summed E-state index contributed by atoms with van der Waals surface area (Å²) in [7, 11) is 5.29. The number of benzene rings is 3. The number of likely N-dealkylation sites (tertiary alicyclic amines) is 1. The number of fused-ring (bicyclic) bond motifs is 2. The lowest BCUT2D eigenvalue weighted by Gasteiger charge is -2.36. The molecule has 73 heavy (non-hydrogen) atoms. The molecule has 17 nitrogen and oxygen atoms in total. The molecule has 2 aromatic heterocycles.